The topological polar surface area (TPSA) is 104 Å². The summed E-state index contributed by atoms with van der Waals surface area (Å²) in [6.45, 7) is 8.45. The summed E-state index contributed by atoms with van der Waals surface area (Å²) in [6, 6.07) is 10.6. The molecule has 2 fully saturated rings. The van der Waals surface area contributed by atoms with E-state index in [2.05, 4.69) is 5.10 Å². The molecule has 9 heteroatoms. The minimum Gasteiger partial charge on any atom is -0.493 e. The Labute approximate surface area is 221 Å². The van der Waals surface area contributed by atoms with Crippen LogP contribution < -0.4 is 9.47 Å². The van der Waals surface area contributed by atoms with Gasteiger partial charge < -0.3 is 18.9 Å². The maximum absolute atomic E-state index is 14.2. The lowest BCUT2D eigenvalue weighted by atomic mass is 9.64. The predicted molar refractivity (Wildman–Crippen MR) is 138 cm³/mol. The number of carbonyl (C=O) groups excluding carboxylic acids is 3. The van der Waals surface area contributed by atoms with Gasteiger partial charge in [0.05, 0.1) is 20.4 Å². The van der Waals surface area contributed by atoms with Crippen molar-refractivity contribution in [1.82, 2.24) is 5.01 Å². The van der Waals surface area contributed by atoms with Gasteiger partial charge in [-0.3, -0.25) is 19.4 Å². The lowest BCUT2D eigenvalue weighted by Crippen LogP contribution is -2.58. The molecule has 3 aliphatic heterocycles. The van der Waals surface area contributed by atoms with Gasteiger partial charge in [-0.2, -0.15) is 5.10 Å². The van der Waals surface area contributed by atoms with Gasteiger partial charge in [0.1, 0.15) is 12.1 Å². The highest BCUT2D eigenvalue weighted by Gasteiger charge is 2.75. The Morgan fingerprint density at radius 2 is 1.61 bits per heavy atom. The Kier molecular flexibility index (Phi) is 5.81. The van der Waals surface area contributed by atoms with Gasteiger partial charge in [0, 0.05) is 25.2 Å². The Morgan fingerprint density at radius 1 is 0.974 bits per heavy atom. The third kappa shape index (κ3) is 3.59. The lowest BCUT2D eigenvalue weighted by Gasteiger charge is -2.44. The molecule has 200 valence electrons. The van der Waals surface area contributed by atoms with E-state index in [0.717, 1.165) is 5.56 Å². The van der Waals surface area contributed by atoms with Crippen LogP contribution in [0, 0.1) is 10.8 Å². The fraction of sp³-hybridized carbons (Fsp3) is 0.448. The van der Waals surface area contributed by atoms with E-state index in [-0.39, 0.29) is 5.78 Å². The molecular formula is C29H32N2O7. The number of ether oxygens (including phenoxy) is 4. The Balaban J connectivity index is 1.86. The van der Waals surface area contributed by atoms with E-state index in [1.54, 1.807) is 29.4 Å². The van der Waals surface area contributed by atoms with Crippen LogP contribution in [0.15, 0.2) is 47.6 Å². The number of carbonyl (C=O) groups is 3. The van der Waals surface area contributed by atoms with Gasteiger partial charge in [0.15, 0.2) is 17.3 Å². The molecule has 9 nitrogen and oxygen atoms in total. The van der Waals surface area contributed by atoms with Gasteiger partial charge in [0.2, 0.25) is 5.41 Å². The number of nitrogens with zero attached hydrogens (tertiary/aromatic N) is 2. The molecule has 1 spiro atoms. The van der Waals surface area contributed by atoms with Crippen LogP contribution in [-0.4, -0.2) is 55.0 Å². The van der Waals surface area contributed by atoms with Crippen LogP contribution in [0.3, 0.4) is 0 Å². The van der Waals surface area contributed by atoms with Crippen LogP contribution in [-0.2, 0) is 23.9 Å². The second-order valence-electron chi connectivity index (χ2n) is 11.4. The SMILES string of the molecule is COc1ccc([C@@H]2[C@@H](C(=O)C(C)(C)C)N3N=Cc4ccccc4[C@H]3C23C(=O)OC(C)(C)OC3=O)cc1OC. The van der Waals surface area contributed by atoms with Crippen molar-refractivity contribution in [2.24, 2.45) is 15.9 Å². The van der Waals surface area contributed by atoms with Crippen molar-refractivity contribution in [3.8, 4) is 11.5 Å². The molecule has 0 radical (unpaired) electrons. The number of hydrogen-bond donors (Lipinski definition) is 0. The average molecular weight is 521 g/mol. The summed E-state index contributed by atoms with van der Waals surface area (Å²) >= 11 is 0. The molecule has 3 heterocycles. The van der Waals surface area contributed by atoms with Crippen LogP contribution in [0.25, 0.3) is 0 Å². The van der Waals surface area contributed by atoms with Crippen LogP contribution in [0.5, 0.6) is 11.5 Å². The molecule has 0 amide bonds. The first-order valence-electron chi connectivity index (χ1n) is 12.5. The van der Waals surface area contributed by atoms with Gasteiger partial charge >= 0.3 is 11.9 Å². The monoisotopic (exact) mass is 520 g/mol. The molecule has 3 aliphatic rings. The Bertz CT molecular complexity index is 1340. The van der Waals surface area contributed by atoms with Gasteiger partial charge in [-0.15, -0.1) is 0 Å². The van der Waals surface area contributed by atoms with Crippen molar-refractivity contribution in [3.05, 3.63) is 59.2 Å². The number of benzene rings is 2. The van der Waals surface area contributed by atoms with Crippen molar-refractivity contribution in [3.63, 3.8) is 0 Å². The summed E-state index contributed by atoms with van der Waals surface area (Å²) < 4.78 is 22.5. The fourth-order valence-electron chi connectivity index (χ4n) is 5.88. The minimum absolute atomic E-state index is 0.180. The molecule has 0 aliphatic carbocycles. The number of cyclic esters (lactones) is 2. The first-order chi connectivity index (χ1) is 17.9. The third-order valence-corrected chi connectivity index (χ3v) is 7.53. The van der Waals surface area contributed by atoms with Gasteiger partial charge in [-0.1, -0.05) is 51.1 Å². The summed E-state index contributed by atoms with van der Waals surface area (Å²) in [5.74, 6) is -3.30. The molecule has 3 atom stereocenters. The highest BCUT2D eigenvalue weighted by Crippen LogP contribution is 2.63. The quantitative estimate of drug-likeness (QED) is 0.440. The highest BCUT2D eigenvalue weighted by molar-refractivity contribution is 6.07. The van der Waals surface area contributed by atoms with Crippen molar-refractivity contribution >= 4 is 23.9 Å². The molecule has 0 N–H and O–H groups in total. The number of rotatable bonds is 4. The van der Waals surface area contributed by atoms with Gasteiger partial charge in [-0.25, -0.2) is 0 Å². The second kappa shape index (κ2) is 8.58. The van der Waals surface area contributed by atoms with Crippen molar-refractivity contribution in [1.29, 1.82) is 0 Å². The van der Waals surface area contributed by atoms with Crippen molar-refractivity contribution < 1.29 is 33.3 Å². The summed E-state index contributed by atoms with van der Waals surface area (Å²) in [5, 5.41) is 6.27. The van der Waals surface area contributed by atoms with Crippen molar-refractivity contribution in [2.75, 3.05) is 14.2 Å². The second-order valence-corrected chi connectivity index (χ2v) is 11.4. The van der Waals surface area contributed by atoms with E-state index < -0.39 is 46.6 Å². The zero-order chi connectivity index (χ0) is 27.6. The molecule has 0 aromatic heterocycles. The van der Waals surface area contributed by atoms with Crippen molar-refractivity contribution in [2.45, 2.75) is 58.4 Å². The maximum atomic E-state index is 14.2. The predicted octanol–water partition coefficient (Wildman–Crippen LogP) is 4.00. The molecular weight excluding hydrogens is 488 g/mol. The molecule has 0 saturated carbocycles. The first-order valence-corrected chi connectivity index (χ1v) is 12.5. The smallest absolute Gasteiger partial charge is 0.330 e. The third-order valence-electron chi connectivity index (χ3n) is 7.53. The lowest BCUT2D eigenvalue weighted by molar-refractivity contribution is -0.254. The number of Topliss-reactive ketones (excluding diaryl/α,β-unsaturated/α-hetero) is 1. The molecule has 2 saturated heterocycles. The van der Waals surface area contributed by atoms with E-state index in [9.17, 15) is 14.4 Å². The van der Waals surface area contributed by atoms with E-state index in [0.29, 0.717) is 22.6 Å². The van der Waals surface area contributed by atoms with E-state index in [1.807, 2.05) is 45.0 Å². The summed E-state index contributed by atoms with van der Waals surface area (Å²) in [5.41, 5.74) is -0.779. The van der Waals surface area contributed by atoms with Crippen LogP contribution in [0.2, 0.25) is 0 Å². The van der Waals surface area contributed by atoms with Gasteiger partial charge in [0.25, 0.3) is 5.79 Å². The summed E-state index contributed by atoms with van der Waals surface area (Å²) in [6.07, 6.45) is 1.66. The normalized spacial score (nSPS) is 24.8. The highest BCUT2D eigenvalue weighted by atomic mass is 16.7. The Hall–Kier alpha value is -3.88. The van der Waals surface area contributed by atoms with Crippen LogP contribution >= 0.6 is 0 Å². The first kappa shape index (κ1) is 25.8. The molecule has 2 aromatic carbocycles. The van der Waals surface area contributed by atoms with Crippen LogP contribution in [0.1, 0.15) is 63.3 Å². The van der Waals surface area contributed by atoms with E-state index >= 15 is 0 Å². The fourth-order valence-corrected chi connectivity index (χ4v) is 5.88. The number of esters is 2. The minimum atomic E-state index is -1.92. The molecule has 0 unspecified atom stereocenters. The van der Waals surface area contributed by atoms with E-state index in [1.165, 1.54) is 28.1 Å². The maximum Gasteiger partial charge on any atom is 0.330 e. The molecule has 5 rings (SSSR count). The zero-order valence-electron chi connectivity index (χ0n) is 22.6. The van der Waals surface area contributed by atoms with E-state index in [4.69, 9.17) is 18.9 Å². The molecule has 0 bridgehead atoms. The number of fused-ring (bicyclic) bond motifs is 4. The number of hydrogen-bond acceptors (Lipinski definition) is 9. The number of hydrazone groups is 1. The largest absolute Gasteiger partial charge is 0.493 e. The zero-order valence-corrected chi connectivity index (χ0v) is 22.6. The number of methoxy groups -OCH3 is 2. The Morgan fingerprint density at radius 3 is 2.21 bits per heavy atom. The van der Waals surface area contributed by atoms with Crippen LogP contribution in [0.4, 0.5) is 0 Å². The summed E-state index contributed by atoms with van der Waals surface area (Å²) in [4.78, 5) is 42.6. The molecule has 2 aromatic rings. The average Bonchev–Trinajstić information content (AvgIpc) is 3.18. The summed E-state index contributed by atoms with van der Waals surface area (Å²) in [7, 11) is 3.02. The standard InChI is InChI=1S/C29H32N2O7/c1-27(2,3)24(32)22-21(16-12-13-19(35-6)20(14-16)36-7)29(25(33)37-28(4,5)38-26(29)34)23-18-11-9-8-10-17(18)15-30-31(22)23/h8-15,21-23H,1-7H3/t21-,22+,23+/m1/s1. The van der Waals surface area contributed by atoms with Gasteiger partial charge in [-0.05, 0) is 28.8 Å². The number of ketones is 1. The molecule has 38 heavy (non-hydrogen) atoms.